The third-order valence-corrected chi connectivity index (χ3v) is 3.86. The number of rotatable bonds is 4. The van der Waals surface area contributed by atoms with E-state index in [1.54, 1.807) is 0 Å². The molecule has 0 radical (unpaired) electrons. The van der Waals surface area contributed by atoms with Crippen LogP contribution in [0.2, 0.25) is 0 Å². The van der Waals surface area contributed by atoms with E-state index in [9.17, 15) is 0 Å². The second-order valence-corrected chi connectivity index (χ2v) is 5.13. The van der Waals surface area contributed by atoms with Crippen LogP contribution in [0.4, 0.5) is 0 Å². The monoisotopic (exact) mass is 211 g/mol. The zero-order valence-electron chi connectivity index (χ0n) is 9.84. The molecule has 2 aliphatic rings. The van der Waals surface area contributed by atoms with E-state index in [0.717, 1.165) is 19.1 Å². The van der Waals surface area contributed by atoms with E-state index in [4.69, 9.17) is 4.74 Å². The minimum Gasteiger partial charge on any atom is -0.377 e. The molecule has 2 rings (SSSR count). The zero-order valence-corrected chi connectivity index (χ0v) is 9.84. The van der Waals surface area contributed by atoms with Crippen molar-refractivity contribution in [1.29, 1.82) is 0 Å². The third kappa shape index (κ3) is 4.12. The molecule has 1 unspecified atom stereocenters. The van der Waals surface area contributed by atoms with Crippen LogP contribution in [0, 0.1) is 5.92 Å². The lowest BCUT2D eigenvalue weighted by atomic mass is 9.87. The molecule has 2 heteroatoms. The van der Waals surface area contributed by atoms with Crippen molar-refractivity contribution in [3.8, 4) is 0 Å². The van der Waals surface area contributed by atoms with Crippen LogP contribution in [0.1, 0.15) is 51.4 Å². The lowest BCUT2D eigenvalue weighted by Crippen LogP contribution is -2.35. The molecule has 0 amide bonds. The van der Waals surface area contributed by atoms with E-state index < -0.39 is 0 Å². The van der Waals surface area contributed by atoms with Gasteiger partial charge in [-0.15, -0.1) is 0 Å². The molecule has 2 fully saturated rings. The van der Waals surface area contributed by atoms with Crippen molar-refractivity contribution in [3.05, 3.63) is 0 Å². The standard InChI is InChI=1S/C13H25NO/c1-2-5-12(6-3-1)8-10-15-13-7-4-9-14-11-13/h12-14H,1-11H2. The van der Waals surface area contributed by atoms with Gasteiger partial charge >= 0.3 is 0 Å². The first kappa shape index (κ1) is 11.4. The molecule has 2 nitrogen and oxygen atoms in total. The maximum Gasteiger partial charge on any atom is 0.0699 e. The predicted molar refractivity (Wildman–Crippen MR) is 63.0 cm³/mol. The first-order chi connectivity index (χ1) is 7.45. The van der Waals surface area contributed by atoms with Crippen molar-refractivity contribution >= 4 is 0 Å². The lowest BCUT2D eigenvalue weighted by Gasteiger charge is -2.25. The van der Waals surface area contributed by atoms with E-state index in [-0.39, 0.29) is 0 Å². The van der Waals surface area contributed by atoms with E-state index in [1.807, 2.05) is 0 Å². The Kier molecular flexibility index (Phi) is 4.94. The van der Waals surface area contributed by atoms with Crippen molar-refractivity contribution < 1.29 is 4.74 Å². The highest BCUT2D eigenvalue weighted by molar-refractivity contribution is 4.70. The Labute approximate surface area is 93.8 Å². The summed E-state index contributed by atoms with van der Waals surface area (Å²) in [4.78, 5) is 0. The predicted octanol–water partition coefficient (Wildman–Crippen LogP) is 2.73. The second-order valence-electron chi connectivity index (χ2n) is 5.13. The fraction of sp³-hybridized carbons (Fsp3) is 1.00. The Balaban J connectivity index is 1.53. The summed E-state index contributed by atoms with van der Waals surface area (Å²) >= 11 is 0. The van der Waals surface area contributed by atoms with E-state index in [1.165, 1.54) is 57.9 Å². The molecule has 1 atom stereocenters. The van der Waals surface area contributed by atoms with Gasteiger partial charge in [-0.25, -0.2) is 0 Å². The normalized spacial score (nSPS) is 29.2. The summed E-state index contributed by atoms with van der Waals surface area (Å²) in [6.45, 7) is 3.25. The number of hydrogen-bond acceptors (Lipinski definition) is 2. The number of piperidine rings is 1. The van der Waals surface area contributed by atoms with Gasteiger partial charge in [0.05, 0.1) is 6.10 Å². The van der Waals surface area contributed by atoms with Gasteiger partial charge in [0.2, 0.25) is 0 Å². The Hall–Kier alpha value is -0.0800. The van der Waals surface area contributed by atoms with Crippen LogP contribution >= 0.6 is 0 Å². The Morgan fingerprint density at radius 2 is 1.87 bits per heavy atom. The minimum atomic E-state index is 0.502. The largest absolute Gasteiger partial charge is 0.377 e. The maximum absolute atomic E-state index is 5.92. The van der Waals surface area contributed by atoms with E-state index in [2.05, 4.69) is 5.32 Å². The van der Waals surface area contributed by atoms with E-state index in [0.29, 0.717) is 6.10 Å². The molecule has 0 aromatic heterocycles. The van der Waals surface area contributed by atoms with Gasteiger partial charge < -0.3 is 10.1 Å². The molecule has 88 valence electrons. The molecule has 0 aromatic carbocycles. The number of nitrogens with one attached hydrogen (secondary N) is 1. The fourth-order valence-electron chi connectivity index (χ4n) is 2.84. The molecule has 1 aliphatic carbocycles. The van der Waals surface area contributed by atoms with Crippen LogP contribution in [0.3, 0.4) is 0 Å². The molecular formula is C13H25NO. The SMILES string of the molecule is C1CCC(CCOC2CCCNC2)CC1. The van der Waals surface area contributed by atoms with Crippen molar-refractivity contribution in [3.63, 3.8) is 0 Å². The Bertz CT molecular complexity index is 142. The molecule has 0 spiro atoms. The van der Waals surface area contributed by atoms with Crippen molar-refractivity contribution in [2.24, 2.45) is 5.92 Å². The highest BCUT2D eigenvalue weighted by Gasteiger charge is 2.16. The molecular weight excluding hydrogens is 186 g/mol. The number of hydrogen-bond donors (Lipinski definition) is 1. The van der Waals surface area contributed by atoms with Gasteiger partial charge in [0.1, 0.15) is 0 Å². The van der Waals surface area contributed by atoms with Gasteiger partial charge in [-0.1, -0.05) is 32.1 Å². The lowest BCUT2D eigenvalue weighted by molar-refractivity contribution is 0.0271. The van der Waals surface area contributed by atoms with Gasteiger partial charge in [-0.2, -0.15) is 0 Å². The summed E-state index contributed by atoms with van der Waals surface area (Å²) in [6.07, 6.45) is 11.6. The van der Waals surface area contributed by atoms with Gasteiger partial charge in [0.25, 0.3) is 0 Å². The van der Waals surface area contributed by atoms with Gasteiger partial charge in [0, 0.05) is 13.2 Å². The summed E-state index contributed by atoms with van der Waals surface area (Å²) in [7, 11) is 0. The smallest absolute Gasteiger partial charge is 0.0699 e. The van der Waals surface area contributed by atoms with Crippen LogP contribution in [-0.2, 0) is 4.74 Å². The number of ether oxygens (including phenoxy) is 1. The van der Waals surface area contributed by atoms with Crippen LogP contribution in [0.5, 0.6) is 0 Å². The second kappa shape index (κ2) is 6.49. The summed E-state index contributed by atoms with van der Waals surface area (Å²) in [5, 5.41) is 3.40. The molecule has 1 heterocycles. The minimum absolute atomic E-state index is 0.502. The Morgan fingerprint density at radius 3 is 2.60 bits per heavy atom. The highest BCUT2D eigenvalue weighted by Crippen LogP contribution is 2.26. The first-order valence-corrected chi connectivity index (χ1v) is 6.77. The van der Waals surface area contributed by atoms with Crippen LogP contribution in [0.25, 0.3) is 0 Å². The van der Waals surface area contributed by atoms with Gasteiger partial charge in [-0.3, -0.25) is 0 Å². The molecule has 0 bridgehead atoms. The molecule has 15 heavy (non-hydrogen) atoms. The quantitative estimate of drug-likeness (QED) is 0.772. The molecule has 1 saturated carbocycles. The van der Waals surface area contributed by atoms with Crippen LogP contribution in [-0.4, -0.2) is 25.8 Å². The summed E-state index contributed by atoms with van der Waals surface area (Å²) in [5.74, 6) is 0.968. The average molecular weight is 211 g/mol. The van der Waals surface area contributed by atoms with Gasteiger partial charge in [-0.05, 0) is 31.7 Å². The molecule has 1 N–H and O–H groups in total. The van der Waals surface area contributed by atoms with Crippen LogP contribution < -0.4 is 5.32 Å². The van der Waals surface area contributed by atoms with Gasteiger partial charge in [0.15, 0.2) is 0 Å². The summed E-state index contributed by atoms with van der Waals surface area (Å²) in [5.41, 5.74) is 0. The molecule has 1 aliphatic heterocycles. The Morgan fingerprint density at radius 1 is 1.00 bits per heavy atom. The van der Waals surface area contributed by atoms with Crippen molar-refractivity contribution in [2.45, 2.75) is 57.5 Å². The van der Waals surface area contributed by atoms with E-state index >= 15 is 0 Å². The zero-order chi connectivity index (χ0) is 10.3. The van der Waals surface area contributed by atoms with Crippen molar-refractivity contribution in [1.82, 2.24) is 5.32 Å². The fourth-order valence-corrected chi connectivity index (χ4v) is 2.84. The van der Waals surface area contributed by atoms with Crippen molar-refractivity contribution in [2.75, 3.05) is 19.7 Å². The average Bonchev–Trinajstić information content (AvgIpc) is 2.32. The maximum atomic E-state index is 5.92. The third-order valence-electron chi connectivity index (χ3n) is 3.86. The summed E-state index contributed by atoms with van der Waals surface area (Å²) in [6, 6.07) is 0. The topological polar surface area (TPSA) is 21.3 Å². The first-order valence-electron chi connectivity index (χ1n) is 6.77. The highest BCUT2D eigenvalue weighted by atomic mass is 16.5. The molecule has 0 aromatic rings. The van der Waals surface area contributed by atoms with Crippen LogP contribution in [0.15, 0.2) is 0 Å². The summed E-state index contributed by atoms with van der Waals surface area (Å²) < 4.78 is 5.92. The molecule has 1 saturated heterocycles.